The maximum atomic E-state index is 10.1. The van der Waals surface area contributed by atoms with Crippen LogP contribution in [0.25, 0.3) is 0 Å². The molecule has 45 valence electrons. The number of unbranched alkanes of at least 4 members (excludes halogenated alkanes) is 1. The van der Waals surface area contributed by atoms with Gasteiger partial charge in [-0.25, -0.2) is 0 Å². The van der Waals surface area contributed by atoms with Crippen LogP contribution in [0.15, 0.2) is 0 Å². The highest BCUT2D eigenvalue weighted by atomic mass is 16.2. The zero-order valence-corrected chi connectivity index (χ0v) is 4.94. The first-order chi connectivity index (χ1) is 3.81. The molecule has 0 atom stereocenters. The van der Waals surface area contributed by atoms with E-state index in [9.17, 15) is 9.59 Å². The molecule has 0 aliphatic heterocycles. The van der Waals surface area contributed by atoms with Crippen LogP contribution in [0, 0.1) is 0 Å². The van der Waals surface area contributed by atoms with Crippen LogP contribution in [-0.2, 0) is 9.59 Å². The Kier molecular flexibility index (Phi) is 4.13. The molecule has 0 heterocycles. The predicted octanol–water partition coefficient (Wildman–Crippen LogP) is 0.855. The third kappa shape index (κ3) is 3.53. The largest absolute Gasteiger partial charge is 0.290 e. The molecule has 0 aliphatic carbocycles. The highest BCUT2D eigenvalue weighted by Gasteiger charge is 1.96. The number of hydrogen-bond acceptors (Lipinski definition) is 2. The van der Waals surface area contributed by atoms with Crippen molar-refractivity contribution in [2.24, 2.45) is 0 Å². The normalized spacial score (nSPS) is 8.62. The van der Waals surface area contributed by atoms with Crippen LogP contribution in [-0.4, -0.2) is 12.1 Å². The van der Waals surface area contributed by atoms with Gasteiger partial charge >= 0.3 is 0 Å². The van der Waals surface area contributed by atoms with Crippen molar-refractivity contribution in [2.45, 2.75) is 26.2 Å². The van der Waals surface area contributed by atoms with E-state index in [1.807, 2.05) is 6.92 Å². The van der Waals surface area contributed by atoms with E-state index in [1.54, 1.807) is 0 Å². The van der Waals surface area contributed by atoms with E-state index in [0.717, 1.165) is 12.8 Å². The third-order valence-corrected chi connectivity index (χ3v) is 0.871. The van der Waals surface area contributed by atoms with Gasteiger partial charge in [0.25, 0.3) is 6.29 Å². The molecule has 0 fully saturated rings. The number of Topliss-reactive ketones (excluding diaryl/α,β-unsaturated/α-hetero) is 1. The lowest BCUT2D eigenvalue weighted by Gasteiger charge is -1.85. The van der Waals surface area contributed by atoms with E-state index in [1.165, 1.54) is 6.29 Å². The van der Waals surface area contributed by atoms with E-state index in [0.29, 0.717) is 6.42 Å². The quantitative estimate of drug-likeness (QED) is 0.506. The molecule has 2 nitrogen and oxygen atoms in total. The van der Waals surface area contributed by atoms with Crippen molar-refractivity contribution in [1.29, 1.82) is 0 Å². The summed E-state index contributed by atoms with van der Waals surface area (Å²) in [4.78, 5) is 19.7. The molecule has 0 aromatic rings. The van der Waals surface area contributed by atoms with Crippen LogP contribution >= 0.6 is 0 Å². The highest BCUT2D eigenvalue weighted by molar-refractivity contribution is 6.25. The summed E-state index contributed by atoms with van der Waals surface area (Å²) >= 11 is 0. The first kappa shape index (κ1) is 7.34. The minimum atomic E-state index is -0.410. The Bertz CT molecular complexity index is 86.5. The molecule has 0 aromatic heterocycles. The van der Waals surface area contributed by atoms with Gasteiger partial charge in [0.2, 0.25) is 5.78 Å². The van der Waals surface area contributed by atoms with E-state index in [4.69, 9.17) is 0 Å². The van der Waals surface area contributed by atoms with Crippen molar-refractivity contribution in [1.82, 2.24) is 0 Å². The maximum Gasteiger partial charge on any atom is 0.272 e. The van der Waals surface area contributed by atoms with Gasteiger partial charge in [-0.05, 0) is 6.42 Å². The number of rotatable bonds is 4. The minimum Gasteiger partial charge on any atom is -0.290 e. The zero-order valence-electron chi connectivity index (χ0n) is 4.94. The average Bonchev–Trinajstić information content (AvgIpc) is 1.83. The lowest BCUT2D eigenvalue weighted by atomic mass is 10.2. The highest BCUT2D eigenvalue weighted by Crippen LogP contribution is 1.91. The molecule has 0 aromatic carbocycles. The Balaban J connectivity index is 3.11. The van der Waals surface area contributed by atoms with Crippen LogP contribution in [0.4, 0.5) is 0 Å². The first-order valence-corrected chi connectivity index (χ1v) is 2.72. The van der Waals surface area contributed by atoms with Crippen molar-refractivity contribution in [2.75, 3.05) is 0 Å². The van der Waals surface area contributed by atoms with Gasteiger partial charge in [0.15, 0.2) is 0 Å². The van der Waals surface area contributed by atoms with Gasteiger partial charge < -0.3 is 0 Å². The van der Waals surface area contributed by atoms with Gasteiger partial charge in [-0.1, -0.05) is 13.3 Å². The van der Waals surface area contributed by atoms with Crippen LogP contribution in [0.3, 0.4) is 0 Å². The van der Waals surface area contributed by atoms with Crippen molar-refractivity contribution >= 4 is 12.1 Å². The second-order valence-electron chi connectivity index (χ2n) is 1.63. The fourth-order valence-corrected chi connectivity index (χ4v) is 0.388. The monoisotopic (exact) mass is 113 g/mol. The molecule has 0 aliphatic rings. The Morgan fingerprint density at radius 1 is 1.62 bits per heavy atom. The molecule has 0 spiro atoms. The molecule has 0 rings (SSSR count). The fraction of sp³-hybridized carbons (Fsp3) is 0.667. The molecule has 0 bridgehead atoms. The molecule has 8 heavy (non-hydrogen) atoms. The van der Waals surface area contributed by atoms with Crippen LogP contribution in [0.1, 0.15) is 26.2 Å². The van der Waals surface area contributed by atoms with Gasteiger partial charge in [0.1, 0.15) is 0 Å². The summed E-state index contributed by atoms with van der Waals surface area (Å²) in [6, 6.07) is 0. The van der Waals surface area contributed by atoms with Gasteiger partial charge in [-0.2, -0.15) is 0 Å². The minimum absolute atomic E-state index is 0.361. The summed E-state index contributed by atoms with van der Waals surface area (Å²) in [5.41, 5.74) is 0. The number of ketones is 1. The summed E-state index contributed by atoms with van der Waals surface area (Å²) < 4.78 is 0. The number of hydrogen-bond donors (Lipinski definition) is 0. The Labute approximate surface area is 48.9 Å². The molecule has 0 unspecified atom stereocenters. The predicted molar refractivity (Wildman–Crippen MR) is 30.2 cm³/mol. The molecule has 1 radical (unpaired) electrons. The average molecular weight is 113 g/mol. The van der Waals surface area contributed by atoms with E-state index in [-0.39, 0.29) is 0 Å². The maximum absolute atomic E-state index is 10.1. The summed E-state index contributed by atoms with van der Waals surface area (Å²) in [6.07, 6.45) is 3.42. The Morgan fingerprint density at radius 2 is 2.25 bits per heavy atom. The first-order valence-electron chi connectivity index (χ1n) is 2.72. The molecular weight excluding hydrogens is 104 g/mol. The fourth-order valence-electron chi connectivity index (χ4n) is 0.388. The molecular formula is C6H9O2. The summed E-state index contributed by atoms with van der Waals surface area (Å²) in [7, 11) is 0. The summed E-state index contributed by atoms with van der Waals surface area (Å²) in [6.45, 7) is 1.97. The lowest BCUT2D eigenvalue weighted by molar-refractivity contribution is -0.113. The number of carbonyl (C=O) groups is 1. The number of carbonyl (C=O) groups excluding carboxylic acids is 2. The van der Waals surface area contributed by atoms with Crippen LogP contribution in [0.5, 0.6) is 0 Å². The zero-order chi connectivity index (χ0) is 6.41. The Morgan fingerprint density at radius 3 is 2.62 bits per heavy atom. The van der Waals surface area contributed by atoms with Gasteiger partial charge in [0.05, 0.1) is 0 Å². The van der Waals surface area contributed by atoms with Gasteiger partial charge in [0, 0.05) is 6.42 Å². The molecule has 0 saturated carbocycles. The van der Waals surface area contributed by atoms with Crippen molar-refractivity contribution in [3.63, 3.8) is 0 Å². The van der Waals surface area contributed by atoms with Crippen molar-refractivity contribution in [3.8, 4) is 0 Å². The molecule has 0 saturated heterocycles. The van der Waals surface area contributed by atoms with E-state index < -0.39 is 5.78 Å². The lowest BCUT2D eigenvalue weighted by Crippen LogP contribution is -1.96. The molecule has 2 heteroatoms. The molecule has 0 amide bonds. The van der Waals surface area contributed by atoms with Crippen LogP contribution < -0.4 is 0 Å². The van der Waals surface area contributed by atoms with Crippen molar-refractivity contribution < 1.29 is 9.59 Å². The third-order valence-electron chi connectivity index (χ3n) is 0.871. The SMILES string of the molecule is CCCCC(=O)[C]=O. The van der Waals surface area contributed by atoms with Gasteiger partial charge in [-0.15, -0.1) is 0 Å². The van der Waals surface area contributed by atoms with E-state index in [2.05, 4.69) is 0 Å². The van der Waals surface area contributed by atoms with Crippen LogP contribution in [0.2, 0.25) is 0 Å². The van der Waals surface area contributed by atoms with E-state index >= 15 is 0 Å². The second-order valence-corrected chi connectivity index (χ2v) is 1.63. The molecule has 0 N–H and O–H groups in total. The Hall–Kier alpha value is -0.660. The van der Waals surface area contributed by atoms with Crippen molar-refractivity contribution in [3.05, 3.63) is 0 Å². The van der Waals surface area contributed by atoms with Gasteiger partial charge in [-0.3, -0.25) is 9.59 Å². The summed E-state index contributed by atoms with van der Waals surface area (Å²) in [5, 5.41) is 0. The smallest absolute Gasteiger partial charge is 0.272 e. The topological polar surface area (TPSA) is 34.1 Å². The second kappa shape index (κ2) is 4.50. The summed E-state index contributed by atoms with van der Waals surface area (Å²) in [5.74, 6) is -0.410. The standard InChI is InChI=1S/C6H9O2/c1-2-3-4-6(8)5-7/h2-4H2,1H3.